The number of nitrogens with two attached hydrogens (primary N) is 1. The first-order valence-corrected chi connectivity index (χ1v) is 16.0. The van der Waals surface area contributed by atoms with Crippen molar-refractivity contribution >= 4 is 27.5 Å². The SMILES string of the molecule is COc1cccc2[nH]cc(CCCN)c12.COc1cccc2[nH]cc(CCCN3CCN(c4ccc5c(c4)OCCO5)CC3)c12. The minimum atomic E-state index is 0.631. The third-order valence-electron chi connectivity index (χ3n) is 8.77. The van der Waals surface area contributed by atoms with Crippen LogP contribution in [0.3, 0.4) is 0 Å². The van der Waals surface area contributed by atoms with Crippen LogP contribution in [0.2, 0.25) is 0 Å². The lowest BCUT2D eigenvalue weighted by atomic mass is 10.1. The Morgan fingerprint density at radius 3 is 1.93 bits per heavy atom. The van der Waals surface area contributed by atoms with Crippen LogP contribution >= 0.6 is 0 Å². The van der Waals surface area contributed by atoms with Crippen LogP contribution in [-0.2, 0) is 12.8 Å². The molecule has 0 saturated carbocycles. The summed E-state index contributed by atoms with van der Waals surface area (Å²) in [5.74, 6) is 3.62. The largest absolute Gasteiger partial charge is 0.496 e. The van der Waals surface area contributed by atoms with E-state index in [9.17, 15) is 0 Å². The summed E-state index contributed by atoms with van der Waals surface area (Å²) in [5.41, 5.74) is 11.7. The Balaban J connectivity index is 0.000000200. The maximum absolute atomic E-state index is 5.74. The maximum Gasteiger partial charge on any atom is 0.163 e. The van der Waals surface area contributed by atoms with Gasteiger partial charge in [0.25, 0.3) is 0 Å². The zero-order valence-corrected chi connectivity index (χ0v) is 26.4. The fraction of sp³-hybridized carbons (Fsp3) is 0.389. The highest BCUT2D eigenvalue weighted by Crippen LogP contribution is 2.34. The number of aromatic amines is 2. The van der Waals surface area contributed by atoms with E-state index < -0.39 is 0 Å². The van der Waals surface area contributed by atoms with Crippen LogP contribution in [0.5, 0.6) is 23.0 Å². The number of fused-ring (bicyclic) bond motifs is 3. The second kappa shape index (κ2) is 14.6. The average Bonchev–Trinajstić information content (AvgIpc) is 3.72. The van der Waals surface area contributed by atoms with E-state index in [1.165, 1.54) is 27.6 Å². The molecule has 0 spiro atoms. The molecule has 1 fully saturated rings. The Kier molecular flexibility index (Phi) is 9.97. The number of hydrogen-bond donors (Lipinski definition) is 3. The van der Waals surface area contributed by atoms with Gasteiger partial charge in [0.2, 0.25) is 0 Å². The second-order valence-corrected chi connectivity index (χ2v) is 11.5. The van der Waals surface area contributed by atoms with Crippen LogP contribution in [0.1, 0.15) is 24.0 Å². The lowest BCUT2D eigenvalue weighted by Gasteiger charge is -2.36. The van der Waals surface area contributed by atoms with Crippen LogP contribution < -0.4 is 29.6 Å². The highest BCUT2D eigenvalue weighted by molar-refractivity contribution is 5.90. The van der Waals surface area contributed by atoms with Gasteiger partial charge in [-0.2, -0.15) is 0 Å². The van der Waals surface area contributed by atoms with Crippen molar-refractivity contribution in [3.63, 3.8) is 0 Å². The third-order valence-corrected chi connectivity index (χ3v) is 8.77. The van der Waals surface area contributed by atoms with Crippen LogP contribution in [0.15, 0.2) is 67.0 Å². The van der Waals surface area contributed by atoms with Crippen LogP contribution in [0, 0.1) is 0 Å². The second-order valence-electron chi connectivity index (χ2n) is 11.5. The summed E-state index contributed by atoms with van der Waals surface area (Å²) in [7, 11) is 3.45. The summed E-state index contributed by atoms with van der Waals surface area (Å²) in [6.07, 6.45) is 8.38. The van der Waals surface area contributed by atoms with Crippen LogP contribution in [0.25, 0.3) is 21.8 Å². The van der Waals surface area contributed by atoms with E-state index in [1.807, 2.05) is 36.5 Å². The van der Waals surface area contributed by atoms with Gasteiger partial charge < -0.3 is 39.5 Å². The number of nitrogens with one attached hydrogen (secondary N) is 2. The molecular formula is C36H45N5O4. The monoisotopic (exact) mass is 611 g/mol. The van der Waals surface area contributed by atoms with Gasteiger partial charge >= 0.3 is 0 Å². The lowest BCUT2D eigenvalue weighted by molar-refractivity contribution is 0.171. The molecule has 0 radical (unpaired) electrons. The summed E-state index contributed by atoms with van der Waals surface area (Å²) >= 11 is 0. The zero-order chi connectivity index (χ0) is 31.0. The quantitative estimate of drug-likeness (QED) is 0.184. The molecule has 45 heavy (non-hydrogen) atoms. The normalized spacial score (nSPS) is 14.8. The summed E-state index contributed by atoms with van der Waals surface area (Å²) in [6.45, 7) is 7.37. The number of aromatic nitrogens is 2. The Morgan fingerprint density at radius 2 is 1.33 bits per heavy atom. The van der Waals surface area contributed by atoms with Gasteiger partial charge in [-0.3, -0.25) is 4.90 Å². The molecule has 2 aliphatic heterocycles. The fourth-order valence-corrected chi connectivity index (χ4v) is 6.42. The number of ether oxygens (including phenoxy) is 4. The number of anilines is 1. The lowest BCUT2D eigenvalue weighted by Crippen LogP contribution is -2.46. The molecule has 0 unspecified atom stereocenters. The number of aryl methyl sites for hydroxylation is 2. The molecule has 0 bridgehead atoms. The number of hydrogen-bond acceptors (Lipinski definition) is 7. The summed E-state index contributed by atoms with van der Waals surface area (Å²) in [4.78, 5) is 11.6. The average molecular weight is 612 g/mol. The van der Waals surface area contributed by atoms with Gasteiger partial charge in [-0.05, 0) is 86.3 Å². The van der Waals surface area contributed by atoms with Gasteiger partial charge in [-0.1, -0.05) is 12.1 Å². The Hall–Kier alpha value is -4.34. The van der Waals surface area contributed by atoms with Gasteiger partial charge in [-0.25, -0.2) is 0 Å². The topological polar surface area (TPSA) is 101 Å². The number of piperazine rings is 1. The standard InChI is InChI=1S/C24H29N3O3.C12H16N2O/c1-28-22-6-2-5-20-24(22)18(17-25-20)4-3-9-26-10-12-27(13-11-26)19-7-8-21-23(16-19)30-15-14-29-21;1-15-11-6-2-5-10-12(11)9(8-14-10)4-3-7-13/h2,5-8,16-17,25H,3-4,9-15H2,1H3;2,5-6,8,14H,3-4,7,13H2,1H3. The molecule has 1 saturated heterocycles. The number of methoxy groups -OCH3 is 2. The molecule has 238 valence electrons. The molecule has 3 aromatic carbocycles. The molecule has 0 atom stereocenters. The molecular weight excluding hydrogens is 566 g/mol. The molecule has 5 aromatic rings. The molecule has 9 heteroatoms. The fourth-order valence-electron chi connectivity index (χ4n) is 6.42. The molecule has 2 aromatic heterocycles. The minimum Gasteiger partial charge on any atom is -0.496 e. The van der Waals surface area contributed by atoms with Crippen molar-refractivity contribution in [2.24, 2.45) is 5.73 Å². The van der Waals surface area contributed by atoms with Crippen molar-refractivity contribution in [1.82, 2.24) is 14.9 Å². The van der Waals surface area contributed by atoms with Gasteiger partial charge in [0.05, 0.1) is 14.2 Å². The van der Waals surface area contributed by atoms with Gasteiger partial charge in [0.15, 0.2) is 11.5 Å². The van der Waals surface area contributed by atoms with E-state index in [-0.39, 0.29) is 0 Å². The van der Waals surface area contributed by atoms with Crippen molar-refractivity contribution < 1.29 is 18.9 Å². The predicted octanol–water partition coefficient (Wildman–Crippen LogP) is 5.77. The maximum atomic E-state index is 5.74. The van der Waals surface area contributed by atoms with Crippen LogP contribution in [0.4, 0.5) is 5.69 Å². The summed E-state index contributed by atoms with van der Waals surface area (Å²) in [6, 6.07) is 18.5. The van der Waals surface area contributed by atoms with Crippen molar-refractivity contribution in [3.8, 4) is 23.0 Å². The molecule has 0 amide bonds. The highest BCUT2D eigenvalue weighted by atomic mass is 16.6. The minimum absolute atomic E-state index is 0.631. The number of benzene rings is 3. The first-order chi connectivity index (χ1) is 22.2. The summed E-state index contributed by atoms with van der Waals surface area (Å²) < 4.78 is 22.3. The first kappa shape index (κ1) is 30.7. The Bertz CT molecular complexity index is 1690. The third kappa shape index (κ3) is 7.00. The van der Waals surface area contributed by atoms with Gasteiger partial charge in [0, 0.05) is 72.1 Å². The van der Waals surface area contributed by atoms with E-state index in [2.05, 4.69) is 50.2 Å². The number of H-pyrrole nitrogens is 2. The van der Waals surface area contributed by atoms with E-state index in [4.69, 9.17) is 24.7 Å². The van der Waals surface area contributed by atoms with Crippen molar-refractivity contribution in [3.05, 3.63) is 78.1 Å². The van der Waals surface area contributed by atoms with Crippen molar-refractivity contribution in [2.75, 3.05) is 71.6 Å². The Morgan fingerprint density at radius 1 is 0.733 bits per heavy atom. The molecule has 7 rings (SSSR count). The van der Waals surface area contributed by atoms with Gasteiger partial charge in [0.1, 0.15) is 24.7 Å². The first-order valence-electron chi connectivity index (χ1n) is 16.0. The van der Waals surface area contributed by atoms with Crippen LogP contribution in [-0.4, -0.2) is 81.6 Å². The smallest absolute Gasteiger partial charge is 0.163 e. The van der Waals surface area contributed by atoms with Crippen molar-refractivity contribution in [1.29, 1.82) is 0 Å². The van der Waals surface area contributed by atoms with E-state index in [0.29, 0.717) is 13.2 Å². The molecule has 9 nitrogen and oxygen atoms in total. The molecule has 0 aliphatic carbocycles. The molecule has 2 aliphatic rings. The number of rotatable bonds is 10. The highest BCUT2D eigenvalue weighted by Gasteiger charge is 2.20. The number of nitrogens with zero attached hydrogens (tertiary/aromatic N) is 2. The summed E-state index contributed by atoms with van der Waals surface area (Å²) in [5, 5.41) is 2.41. The van der Waals surface area contributed by atoms with Gasteiger partial charge in [-0.15, -0.1) is 0 Å². The van der Waals surface area contributed by atoms with E-state index in [1.54, 1.807) is 14.2 Å². The predicted molar refractivity (Wildman–Crippen MR) is 181 cm³/mol. The van der Waals surface area contributed by atoms with E-state index in [0.717, 1.165) is 99.0 Å². The molecule has 4 heterocycles. The van der Waals surface area contributed by atoms with Crippen molar-refractivity contribution in [2.45, 2.75) is 25.7 Å². The molecule has 4 N–H and O–H groups in total. The van der Waals surface area contributed by atoms with E-state index >= 15 is 0 Å². The Labute approximate surface area is 265 Å². The zero-order valence-electron chi connectivity index (χ0n) is 26.4.